The van der Waals surface area contributed by atoms with Gasteiger partial charge in [0, 0.05) is 5.92 Å². The van der Waals surface area contributed by atoms with E-state index in [2.05, 4.69) is 4.74 Å². The molecule has 0 bridgehead atoms. The molecular formula is C6H9NO2. The third-order valence-corrected chi connectivity index (χ3v) is 1.34. The molecule has 0 radical (unpaired) electrons. The first-order valence-corrected chi connectivity index (χ1v) is 2.80. The molecule has 0 aromatic carbocycles. The first kappa shape index (κ1) is 6.13. The van der Waals surface area contributed by atoms with Gasteiger partial charge in [-0.15, -0.1) is 0 Å². The predicted octanol–water partition coefficient (Wildman–Crippen LogP) is 0.658. The van der Waals surface area contributed by atoms with Gasteiger partial charge < -0.3 is 10.5 Å². The molecule has 3 heteroatoms. The molecule has 0 saturated heterocycles. The van der Waals surface area contributed by atoms with E-state index < -0.39 is 6.09 Å². The molecule has 1 unspecified atom stereocenters. The maximum atomic E-state index is 10.0. The SMILES string of the molecule is CC1=CC1COC(N)=O. The second-order valence-corrected chi connectivity index (χ2v) is 2.15. The van der Waals surface area contributed by atoms with E-state index in [1.54, 1.807) is 0 Å². The molecule has 0 aromatic heterocycles. The van der Waals surface area contributed by atoms with Crippen molar-refractivity contribution in [3.05, 3.63) is 11.6 Å². The summed E-state index contributed by atoms with van der Waals surface area (Å²) < 4.78 is 4.52. The lowest BCUT2D eigenvalue weighted by atomic mass is 10.3. The highest BCUT2D eigenvalue weighted by Gasteiger charge is 2.20. The number of carbonyl (C=O) groups excluding carboxylic acids is 1. The summed E-state index contributed by atoms with van der Waals surface area (Å²) in [6.45, 7) is 2.41. The van der Waals surface area contributed by atoms with Crippen LogP contribution in [0.2, 0.25) is 0 Å². The Bertz CT molecular complexity index is 162. The van der Waals surface area contributed by atoms with Gasteiger partial charge in [-0.05, 0) is 6.92 Å². The summed E-state index contributed by atoms with van der Waals surface area (Å²) in [5.74, 6) is 0.373. The fraction of sp³-hybridized carbons (Fsp3) is 0.500. The number of primary amides is 1. The van der Waals surface area contributed by atoms with E-state index in [-0.39, 0.29) is 0 Å². The van der Waals surface area contributed by atoms with E-state index in [0.29, 0.717) is 12.5 Å². The zero-order valence-electron chi connectivity index (χ0n) is 5.26. The highest BCUT2D eigenvalue weighted by molar-refractivity contribution is 5.64. The van der Waals surface area contributed by atoms with E-state index in [9.17, 15) is 4.79 Å². The van der Waals surface area contributed by atoms with Crippen LogP contribution in [0.3, 0.4) is 0 Å². The van der Waals surface area contributed by atoms with Crippen LogP contribution in [0.5, 0.6) is 0 Å². The zero-order chi connectivity index (χ0) is 6.85. The third kappa shape index (κ3) is 1.76. The molecule has 0 aliphatic heterocycles. The quantitative estimate of drug-likeness (QED) is 0.554. The van der Waals surface area contributed by atoms with Gasteiger partial charge in [-0.3, -0.25) is 0 Å². The Hall–Kier alpha value is -0.990. The molecule has 1 aliphatic carbocycles. The number of ether oxygens (including phenoxy) is 1. The van der Waals surface area contributed by atoms with Crippen molar-refractivity contribution in [2.24, 2.45) is 11.7 Å². The predicted molar refractivity (Wildman–Crippen MR) is 32.8 cm³/mol. The molecule has 1 atom stereocenters. The summed E-state index contributed by atoms with van der Waals surface area (Å²) in [6.07, 6.45) is 1.34. The molecule has 50 valence electrons. The summed E-state index contributed by atoms with van der Waals surface area (Å²) >= 11 is 0. The van der Waals surface area contributed by atoms with Gasteiger partial charge in [-0.2, -0.15) is 0 Å². The van der Waals surface area contributed by atoms with E-state index >= 15 is 0 Å². The maximum Gasteiger partial charge on any atom is 0.404 e. The second kappa shape index (κ2) is 2.09. The van der Waals surface area contributed by atoms with Crippen LogP contribution in [0.15, 0.2) is 11.6 Å². The number of hydrogen-bond acceptors (Lipinski definition) is 2. The molecule has 0 heterocycles. The fourth-order valence-corrected chi connectivity index (χ4v) is 0.621. The van der Waals surface area contributed by atoms with Gasteiger partial charge in [0.05, 0.1) is 0 Å². The summed E-state index contributed by atoms with van der Waals surface area (Å²) in [5, 5.41) is 0. The summed E-state index contributed by atoms with van der Waals surface area (Å²) in [4.78, 5) is 10.0. The monoisotopic (exact) mass is 127 g/mol. The van der Waals surface area contributed by atoms with Gasteiger partial charge in [0.1, 0.15) is 6.61 Å². The maximum absolute atomic E-state index is 10.0. The highest BCUT2D eigenvalue weighted by Crippen LogP contribution is 2.27. The van der Waals surface area contributed by atoms with Crippen molar-refractivity contribution in [1.29, 1.82) is 0 Å². The Kier molecular flexibility index (Phi) is 1.42. The molecule has 0 saturated carbocycles. The summed E-state index contributed by atoms with van der Waals surface area (Å²) in [7, 11) is 0. The van der Waals surface area contributed by atoms with Crippen LogP contribution in [0.1, 0.15) is 6.92 Å². The molecule has 2 N–H and O–H groups in total. The Morgan fingerprint density at radius 1 is 2.00 bits per heavy atom. The van der Waals surface area contributed by atoms with E-state index in [1.165, 1.54) is 5.57 Å². The summed E-state index contributed by atoms with van der Waals surface area (Å²) in [6, 6.07) is 0. The van der Waals surface area contributed by atoms with Crippen LogP contribution in [0.25, 0.3) is 0 Å². The molecule has 0 spiro atoms. The summed E-state index contributed by atoms with van der Waals surface area (Å²) in [5.41, 5.74) is 6.00. The normalized spacial score (nSPS) is 22.8. The number of nitrogens with two attached hydrogens (primary N) is 1. The van der Waals surface area contributed by atoms with Gasteiger partial charge in [0.2, 0.25) is 0 Å². The molecular weight excluding hydrogens is 118 g/mol. The van der Waals surface area contributed by atoms with Gasteiger partial charge in [-0.1, -0.05) is 11.6 Å². The first-order valence-electron chi connectivity index (χ1n) is 2.80. The standard InChI is InChI=1S/C6H9NO2/c1-4-2-5(4)3-9-6(7)8/h2,5H,3H2,1H3,(H2,7,8). The molecule has 9 heavy (non-hydrogen) atoms. The van der Waals surface area contributed by atoms with E-state index in [1.807, 2.05) is 13.0 Å². The zero-order valence-corrected chi connectivity index (χ0v) is 5.26. The molecule has 1 amide bonds. The van der Waals surface area contributed by atoms with Crippen molar-refractivity contribution in [2.75, 3.05) is 6.61 Å². The van der Waals surface area contributed by atoms with Crippen molar-refractivity contribution in [3.63, 3.8) is 0 Å². The van der Waals surface area contributed by atoms with Gasteiger partial charge >= 0.3 is 6.09 Å². The third-order valence-electron chi connectivity index (χ3n) is 1.34. The minimum atomic E-state index is -0.692. The smallest absolute Gasteiger partial charge is 0.404 e. The Labute approximate surface area is 53.5 Å². The largest absolute Gasteiger partial charge is 0.449 e. The van der Waals surface area contributed by atoms with Crippen LogP contribution in [-0.2, 0) is 4.74 Å². The minimum absolute atomic E-state index is 0.373. The van der Waals surface area contributed by atoms with Crippen molar-refractivity contribution >= 4 is 6.09 Å². The number of carbonyl (C=O) groups is 1. The van der Waals surface area contributed by atoms with Gasteiger partial charge in [-0.25, -0.2) is 4.79 Å². The van der Waals surface area contributed by atoms with Crippen molar-refractivity contribution in [2.45, 2.75) is 6.92 Å². The second-order valence-electron chi connectivity index (χ2n) is 2.15. The fourth-order valence-electron chi connectivity index (χ4n) is 0.621. The molecule has 3 nitrogen and oxygen atoms in total. The lowest BCUT2D eigenvalue weighted by Gasteiger charge is -1.97. The van der Waals surface area contributed by atoms with Gasteiger partial charge in [0.25, 0.3) is 0 Å². The van der Waals surface area contributed by atoms with Crippen LogP contribution in [0, 0.1) is 5.92 Å². The van der Waals surface area contributed by atoms with E-state index in [4.69, 9.17) is 5.73 Å². The van der Waals surface area contributed by atoms with Crippen molar-refractivity contribution in [1.82, 2.24) is 0 Å². The Morgan fingerprint density at radius 3 is 2.89 bits per heavy atom. The van der Waals surface area contributed by atoms with Crippen LogP contribution in [0.4, 0.5) is 4.79 Å². The average Bonchev–Trinajstić information content (AvgIpc) is 2.42. The Balaban J connectivity index is 2.02. The Morgan fingerprint density at radius 2 is 2.56 bits per heavy atom. The molecule has 1 aliphatic rings. The average molecular weight is 127 g/mol. The number of rotatable bonds is 2. The molecule has 0 aromatic rings. The number of amides is 1. The van der Waals surface area contributed by atoms with Gasteiger partial charge in [0.15, 0.2) is 0 Å². The lowest BCUT2D eigenvalue weighted by molar-refractivity contribution is 0.153. The highest BCUT2D eigenvalue weighted by atomic mass is 16.5. The number of hydrogen-bond donors (Lipinski definition) is 1. The van der Waals surface area contributed by atoms with E-state index in [0.717, 1.165) is 0 Å². The van der Waals surface area contributed by atoms with Crippen LogP contribution < -0.4 is 5.73 Å². The van der Waals surface area contributed by atoms with Crippen molar-refractivity contribution in [3.8, 4) is 0 Å². The lowest BCUT2D eigenvalue weighted by Crippen LogP contribution is -2.14. The van der Waals surface area contributed by atoms with Crippen LogP contribution in [-0.4, -0.2) is 12.7 Å². The van der Waals surface area contributed by atoms with Crippen molar-refractivity contribution < 1.29 is 9.53 Å². The first-order chi connectivity index (χ1) is 4.20. The molecule has 0 fully saturated rings. The topological polar surface area (TPSA) is 52.3 Å². The minimum Gasteiger partial charge on any atom is -0.449 e. The molecule has 1 rings (SSSR count). The van der Waals surface area contributed by atoms with Crippen LogP contribution >= 0.6 is 0 Å².